The van der Waals surface area contributed by atoms with Gasteiger partial charge in [-0.1, -0.05) is 36.1 Å². The zero-order valence-corrected chi connectivity index (χ0v) is 6.18. The molecule has 10 heavy (non-hydrogen) atoms. The van der Waals surface area contributed by atoms with Gasteiger partial charge in [-0.25, -0.2) is 0 Å². The van der Waals surface area contributed by atoms with Crippen LogP contribution in [0.4, 0.5) is 0 Å². The Balaban J connectivity index is -0.0000000600. The van der Waals surface area contributed by atoms with Crippen molar-refractivity contribution in [3.63, 3.8) is 0 Å². The first-order chi connectivity index (χ1) is 3.12. The normalized spacial score (nSPS) is 8.40. The second kappa shape index (κ2) is 9.58. The fourth-order valence-corrected chi connectivity index (χ4v) is 0.321. The van der Waals surface area contributed by atoms with Gasteiger partial charge < -0.3 is 0 Å². The van der Waals surface area contributed by atoms with Crippen molar-refractivity contribution < 1.29 is 0 Å². The highest BCUT2D eigenvalue weighted by Gasteiger charge is 2.12. The van der Waals surface area contributed by atoms with E-state index in [0.29, 0.717) is 11.8 Å². The molecule has 0 unspecified atom stereocenters. The summed E-state index contributed by atoms with van der Waals surface area (Å²) in [5, 5.41) is 0. The lowest BCUT2D eigenvalue weighted by molar-refractivity contribution is 0.484. The Bertz CT molecular complexity index is 45.2. The Morgan fingerprint density at radius 2 is 1.10 bits per heavy atom. The summed E-state index contributed by atoms with van der Waals surface area (Å²) >= 11 is 11.0. The van der Waals surface area contributed by atoms with Crippen LogP contribution in [0.1, 0.15) is 36.1 Å². The summed E-state index contributed by atoms with van der Waals surface area (Å²) in [7, 11) is 0. The Morgan fingerprint density at radius 1 is 0.900 bits per heavy atom. The predicted octanol–water partition coefficient (Wildman–Crippen LogP) is 4.40. The molecule has 2 heteroatoms. The van der Waals surface area contributed by atoms with Crippen molar-refractivity contribution in [2.24, 2.45) is 5.41 Å². The molecule has 0 aromatic heterocycles. The maximum atomic E-state index is 5.51. The van der Waals surface area contributed by atoms with Gasteiger partial charge in [-0.15, -0.1) is 23.2 Å². The highest BCUT2D eigenvalue weighted by Crippen LogP contribution is 2.17. The molecule has 0 aliphatic heterocycles. The van der Waals surface area contributed by atoms with Crippen LogP contribution in [0.5, 0.6) is 0 Å². The number of rotatable bonds is 2. The second-order valence-electron chi connectivity index (χ2n) is 2.43. The Hall–Kier alpha value is 0.580. The molecule has 0 fully saturated rings. The fourth-order valence-electron chi connectivity index (χ4n) is 0.0357. The van der Waals surface area contributed by atoms with Crippen molar-refractivity contribution >= 4 is 23.2 Å². The lowest BCUT2D eigenvalue weighted by atomic mass is 10.0. The average Bonchev–Trinajstić information content (AvgIpc) is 1.68. The molecule has 0 radical (unpaired) electrons. The summed E-state index contributed by atoms with van der Waals surface area (Å²) in [6.45, 7) is 4.07. The molecule has 68 valence electrons. The lowest BCUT2D eigenvalue weighted by Gasteiger charge is -2.15. The lowest BCUT2D eigenvalue weighted by Crippen LogP contribution is -2.14. The molecule has 0 aromatic rings. The van der Waals surface area contributed by atoms with Gasteiger partial charge in [0.25, 0.3) is 0 Å². The van der Waals surface area contributed by atoms with E-state index in [2.05, 4.69) is 0 Å². The van der Waals surface area contributed by atoms with Gasteiger partial charge in [-0.3, -0.25) is 0 Å². The van der Waals surface area contributed by atoms with Crippen molar-refractivity contribution in [3.05, 3.63) is 0 Å². The number of alkyl halides is 2. The molecule has 0 bridgehead atoms. The van der Waals surface area contributed by atoms with Gasteiger partial charge >= 0.3 is 0 Å². The third kappa shape index (κ3) is 11.4. The van der Waals surface area contributed by atoms with Gasteiger partial charge in [0, 0.05) is 11.8 Å². The van der Waals surface area contributed by atoms with Crippen LogP contribution in [-0.2, 0) is 0 Å². The Kier molecular flexibility index (Phi) is 21.5. The maximum absolute atomic E-state index is 5.51. The zero-order valence-electron chi connectivity index (χ0n) is 4.67. The summed E-state index contributed by atoms with van der Waals surface area (Å²) in [6, 6.07) is 0. The molecule has 0 spiro atoms. The second-order valence-corrected chi connectivity index (χ2v) is 2.97. The first-order valence-corrected chi connectivity index (χ1v) is 3.31. The van der Waals surface area contributed by atoms with Crippen LogP contribution in [0.25, 0.3) is 0 Å². The van der Waals surface area contributed by atoms with E-state index in [1.807, 2.05) is 13.8 Å². The van der Waals surface area contributed by atoms with E-state index in [4.69, 9.17) is 23.2 Å². The predicted molar refractivity (Wildman–Crippen MR) is 55.4 cm³/mol. The highest BCUT2D eigenvalue weighted by molar-refractivity contribution is 6.21. The van der Waals surface area contributed by atoms with Crippen molar-refractivity contribution in [2.75, 3.05) is 11.8 Å². The molecular weight excluding hydrogens is 167 g/mol. The van der Waals surface area contributed by atoms with Crippen LogP contribution in [0.2, 0.25) is 0 Å². The molecule has 0 atom stereocenters. The Labute approximate surface area is 76.9 Å². The van der Waals surface area contributed by atoms with E-state index in [0.717, 1.165) is 0 Å². The van der Waals surface area contributed by atoms with Crippen LogP contribution in [0, 0.1) is 5.41 Å². The van der Waals surface area contributed by atoms with Crippen LogP contribution < -0.4 is 0 Å². The molecule has 0 N–H and O–H groups in total. The van der Waals surface area contributed by atoms with E-state index in [1.165, 1.54) is 0 Å². The summed E-state index contributed by atoms with van der Waals surface area (Å²) < 4.78 is 0. The zero-order chi connectivity index (χ0) is 5.91. The summed E-state index contributed by atoms with van der Waals surface area (Å²) in [4.78, 5) is 0. The molecule has 0 heterocycles. The van der Waals surface area contributed by atoms with Gasteiger partial charge in [0.2, 0.25) is 0 Å². The summed E-state index contributed by atoms with van der Waals surface area (Å²) in [5.41, 5.74) is 0.114. The largest absolute Gasteiger partial charge is 0.126 e. The Morgan fingerprint density at radius 3 is 1.10 bits per heavy atom. The van der Waals surface area contributed by atoms with Crippen molar-refractivity contribution in [3.8, 4) is 0 Å². The fraction of sp³-hybridized carbons (Fsp3) is 1.00. The highest BCUT2D eigenvalue weighted by atomic mass is 35.5. The average molecular weight is 189 g/mol. The molecule has 0 amide bonds. The molecular formula is C8H22Cl2. The molecule has 0 nitrogen and oxygen atoms in total. The van der Waals surface area contributed by atoms with E-state index in [-0.39, 0.29) is 27.7 Å². The summed E-state index contributed by atoms with van der Waals surface area (Å²) in [6.07, 6.45) is 0. The molecule has 0 saturated heterocycles. The van der Waals surface area contributed by atoms with Crippen molar-refractivity contribution in [1.29, 1.82) is 0 Å². The monoisotopic (exact) mass is 188 g/mol. The first-order valence-electron chi connectivity index (χ1n) is 2.24. The SMILES string of the molecule is C.C.C.CC(C)(CCl)CCl. The summed E-state index contributed by atoms with van der Waals surface area (Å²) in [5.74, 6) is 1.27. The topological polar surface area (TPSA) is 0 Å². The van der Waals surface area contributed by atoms with Crippen molar-refractivity contribution in [2.45, 2.75) is 36.1 Å². The number of hydrogen-bond acceptors (Lipinski definition) is 0. The third-order valence-corrected chi connectivity index (χ3v) is 2.17. The minimum Gasteiger partial charge on any atom is -0.126 e. The third-order valence-electron chi connectivity index (χ3n) is 0.724. The van der Waals surface area contributed by atoms with Gasteiger partial charge in [-0.05, 0) is 5.41 Å². The van der Waals surface area contributed by atoms with Crippen molar-refractivity contribution in [1.82, 2.24) is 0 Å². The van der Waals surface area contributed by atoms with Gasteiger partial charge in [0.05, 0.1) is 0 Å². The molecule has 0 rings (SSSR count). The van der Waals surface area contributed by atoms with E-state index >= 15 is 0 Å². The van der Waals surface area contributed by atoms with Crippen LogP contribution in [0.15, 0.2) is 0 Å². The quantitative estimate of drug-likeness (QED) is 0.565. The van der Waals surface area contributed by atoms with E-state index in [1.54, 1.807) is 0 Å². The van der Waals surface area contributed by atoms with Crippen LogP contribution in [0.3, 0.4) is 0 Å². The molecule has 0 aliphatic carbocycles. The smallest absolute Gasteiger partial charge is 0.0286 e. The number of hydrogen-bond donors (Lipinski definition) is 0. The first kappa shape index (κ1) is 22.4. The maximum Gasteiger partial charge on any atom is 0.0286 e. The molecule has 0 aliphatic rings. The standard InChI is InChI=1S/C5H10Cl2.3CH4/c1-5(2,3-6)4-7;;;/h3-4H2,1-2H3;3*1H4. The van der Waals surface area contributed by atoms with Gasteiger partial charge in [0.15, 0.2) is 0 Å². The number of halogens is 2. The molecule has 0 aromatic carbocycles. The van der Waals surface area contributed by atoms with Gasteiger partial charge in [0.1, 0.15) is 0 Å². The van der Waals surface area contributed by atoms with Crippen LogP contribution in [-0.4, -0.2) is 11.8 Å². The minimum atomic E-state index is 0. The van der Waals surface area contributed by atoms with E-state index in [9.17, 15) is 0 Å². The van der Waals surface area contributed by atoms with Gasteiger partial charge in [-0.2, -0.15) is 0 Å². The molecule has 0 saturated carbocycles. The van der Waals surface area contributed by atoms with Crippen LogP contribution >= 0.6 is 23.2 Å². The minimum absolute atomic E-state index is 0. The van der Waals surface area contributed by atoms with E-state index < -0.39 is 0 Å².